The summed E-state index contributed by atoms with van der Waals surface area (Å²) >= 11 is 0. The van der Waals surface area contributed by atoms with Gasteiger partial charge in [-0.15, -0.1) is 0 Å². The predicted octanol–water partition coefficient (Wildman–Crippen LogP) is 3.92. The molecular weight excluding hydrogens is 360 g/mol. The van der Waals surface area contributed by atoms with E-state index in [1.165, 1.54) is 12.1 Å². The largest absolute Gasteiger partial charge is 0.339 e. The molecule has 27 heavy (non-hydrogen) atoms. The summed E-state index contributed by atoms with van der Waals surface area (Å²) in [6, 6.07) is 13.5. The zero-order valence-electron chi connectivity index (χ0n) is 15.8. The predicted molar refractivity (Wildman–Crippen MR) is 107 cm³/mol. The van der Waals surface area contributed by atoms with Crippen molar-refractivity contribution in [2.45, 2.75) is 38.0 Å². The Balaban J connectivity index is 1.70. The number of aryl methyl sites for hydroxylation is 1. The number of nitrogens with one attached hydrogen (secondary N) is 1. The highest BCUT2D eigenvalue weighted by Gasteiger charge is 2.22. The molecule has 1 heterocycles. The molecule has 0 aliphatic carbocycles. The van der Waals surface area contributed by atoms with Crippen molar-refractivity contribution in [1.29, 1.82) is 0 Å². The van der Waals surface area contributed by atoms with Crippen LogP contribution in [-0.4, -0.2) is 32.3 Å². The van der Waals surface area contributed by atoms with Crippen molar-refractivity contribution in [2.75, 3.05) is 17.8 Å². The molecule has 0 aromatic heterocycles. The first-order chi connectivity index (χ1) is 12.9. The maximum absolute atomic E-state index is 12.6. The Morgan fingerprint density at radius 2 is 1.63 bits per heavy atom. The first kappa shape index (κ1) is 19.4. The molecule has 144 valence electrons. The Labute approximate surface area is 161 Å². The molecule has 0 radical (unpaired) electrons. The minimum absolute atomic E-state index is 0.0334. The van der Waals surface area contributed by atoms with E-state index in [0.717, 1.165) is 37.9 Å². The SMILES string of the molecule is CCc1ccc(NS(=O)(=O)c2ccc(C(=O)N3CCC(C)CC3)cc2)cc1. The number of carbonyl (C=O) groups is 1. The molecule has 1 aliphatic heterocycles. The number of hydrogen-bond donors (Lipinski definition) is 1. The second-order valence-electron chi connectivity index (χ2n) is 7.16. The Morgan fingerprint density at radius 3 is 2.19 bits per heavy atom. The summed E-state index contributed by atoms with van der Waals surface area (Å²) in [4.78, 5) is 14.6. The number of amides is 1. The summed E-state index contributed by atoms with van der Waals surface area (Å²) in [6.07, 6.45) is 2.93. The van der Waals surface area contributed by atoms with Gasteiger partial charge in [-0.1, -0.05) is 26.0 Å². The van der Waals surface area contributed by atoms with Crippen LogP contribution in [0.15, 0.2) is 53.4 Å². The normalized spacial score (nSPS) is 15.6. The molecule has 5 nitrogen and oxygen atoms in total. The van der Waals surface area contributed by atoms with Crippen molar-refractivity contribution in [1.82, 2.24) is 4.90 Å². The number of carbonyl (C=O) groups excluding carboxylic acids is 1. The van der Waals surface area contributed by atoms with Gasteiger partial charge in [0.05, 0.1) is 4.90 Å². The van der Waals surface area contributed by atoms with Crippen LogP contribution in [0.3, 0.4) is 0 Å². The van der Waals surface area contributed by atoms with Gasteiger partial charge in [0.25, 0.3) is 15.9 Å². The number of sulfonamides is 1. The molecule has 0 saturated carbocycles. The molecule has 0 spiro atoms. The molecule has 1 saturated heterocycles. The second kappa shape index (κ2) is 8.13. The highest BCUT2D eigenvalue weighted by Crippen LogP contribution is 2.20. The second-order valence-corrected chi connectivity index (χ2v) is 8.84. The van der Waals surface area contributed by atoms with Gasteiger partial charge in [-0.05, 0) is 67.1 Å². The minimum Gasteiger partial charge on any atom is -0.339 e. The smallest absolute Gasteiger partial charge is 0.261 e. The van der Waals surface area contributed by atoms with Crippen molar-refractivity contribution in [3.63, 3.8) is 0 Å². The van der Waals surface area contributed by atoms with E-state index in [-0.39, 0.29) is 10.8 Å². The van der Waals surface area contributed by atoms with Crippen LogP contribution in [0, 0.1) is 5.92 Å². The zero-order valence-corrected chi connectivity index (χ0v) is 16.6. The van der Waals surface area contributed by atoms with Crippen molar-refractivity contribution in [2.24, 2.45) is 5.92 Å². The first-order valence-electron chi connectivity index (χ1n) is 9.40. The Bertz CT molecular complexity index is 882. The third kappa shape index (κ3) is 4.69. The van der Waals surface area contributed by atoms with Crippen LogP contribution >= 0.6 is 0 Å². The summed E-state index contributed by atoms with van der Waals surface area (Å²) in [5.74, 6) is 0.619. The zero-order chi connectivity index (χ0) is 19.4. The number of likely N-dealkylation sites (tertiary alicyclic amines) is 1. The van der Waals surface area contributed by atoms with Gasteiger partial charge in [0, 0.05) is 24.3 Å². The number of hydrogen-bond acceptors (Lipinski definition) is 3. The van der Waals surface area contributed by atoms with Gasteiger partial charge in [0.1, 0.15) is 0 Å². The molecule has 0 unspecified atom stereocenters. The van der Waals surface area contributed by atoms with Crippen LogP contribution in [0.2, 0.25) is 0 Å². The molecule has 1 amide bonds. The molecule has 1 N–H and O–H groups in total. The van der Waals surface area contributed by atoms with E-state index in [0.29, 0.717) is 17.2 Å². The van der Waals surface area contributed by atoms with Crippen LogP contribution in [0.1, 0.15) is 42.6 Å². The lowest BCUT2D eigenvalue weighted by atomic mass is 9.98. The fourth-order valence-corrected chi connectivity index (χ4v) is 4.25. The molecule has 2 aromatic carbocycles. The van der Waals surface area contributed by atoms with Crippen LogP contribution in [0.5, 0.6) is 0 Å². The van der Waals surface area contributed by atoms with E-state index in [1.807, 2.05) is 24.0 Å². The molecule has 3 rings (SSSR count). The van der Waals surface area contributed by atoms with Gasteiger partial charge in [-0.25, -0.2) is 8.42 Å². The van der Waals surface area contributed by atoms with E-state index < -0.39 is 10.0 Å². The average molecular weight is 387 g/mol. The number of rotatable bonds is 5. The van der Waals surface area contributed by atoms with E-state index in [4.69, 9.17) is 0 Å². The summed E-state index contributed by atoms with van der Waals surface area (Å²) in [7, 11) is -3.68. The lowest BCUT2D eigenvalue weighted by molar-refractivity contribution is 0.0697. The third-order valence-corrected chi connectivity index (χ3v) is 6.49. The molecule has 6 heteroatoms. The summed E-state index contributed by atoms with van der Waals surface area (Å²) in [5, 5.41) is 0. The monoisotopic (exact) mass is 386 g/mol. The van der Waals surface area contributed by atoms with Gasteiger partial charge in [-0.2, -0.15) is 0 Å². The van der Waals surface area contributed by atoms with Crippen molar-refractivity contribution in [3.8, 4) is 0 Å². The summed E-state index contributed by atoms with van der Waals surface area (Å²) in [5.41, 5.74) is 2.19. The van der Waals surface area contributed by atoms with Gasteiger partial charge >= 0.3 is 0 Å². The number of piperidine rings is 1. The van der Waals surface area contributed by atoms with Gasteiger partial charge < -0.3 is 4.90 Å². The van der Waals surface area contributed by atoms with Gasteiger partial charge in [0.2, 0.25) is 0 Å². The lowest BCUT2D eigenvalue weighted by Gasteiger charge is -2.30. The fourth-order valence-electron chi connectivity index (χ4n) is 3.19. The van der Waals surface area contributed by atoms with E-state index in [1.54, 1.807) is 24.3 Å². The maximum Gasteiger partial charge on any atom is 0.261 e. The van der Waals surface area contributed by atoms with Crippen molar-refractivity contribution in [3.05, 3.63) is 59.7 Å². The van der Waals surface area contributed by atoms with E-state index in [2.05, 4.69) is 11.6 Å². The molecule has 2 aromatic rings. The topological polar surface area (TPSA) is 66.5 Å². The highest BCUT2D eigenvalue weighted by molar-refractivity contribution is 7.92. The molecule has 1 aliphatic rings. The van der Waals surface area contributed by atoms with E-state index >= 15 is 0 Å². The lowest BCUT2D eigenvalue weighted by Crippen LogP contribution is -2.37. The maximum atomic E-state index is 12.6. The number of nitrogens with zero attached hydrogens (tertiary/aromatic N) is 1. The Kier molecular flexibility index (Phi) is 5.85. The van der Waals surface area contributed by atoms with Gasteiger partial charge in [0.15, 0.2) is 0 Å². The van der Waals surface area contributed by atoms with Gasteiger partial charge in [-0.3, -0.25) is 9.52 Å². The first-order valence-corrected chi connectivity index (χ1v) is 10.9. The molecule has 1 fully saturated rings. The summed E-state index contributed by atoms with van der Waals surface area (Å²) in [6.45, 7) is 5.77. The van der Waals surface area contributed by atoms with Crippen LogP contribution in [-0.2, 0) is 16.4 Å². The average Bonchev–Trinajstić information content (AvgIpc) is 2.68. The molecular formula is C21H26N2O3S. The Morgan fingerprint density at radius 1 is 1.04 bits per heavy atom. The number of benzene rings is 2. The van der Waals surface area contributed by atoms with Crippen molar-refractivity contribution < 1.29 is 13.2 Å². The van der Waals surface area contributed by atoms with Crippen molar-refractivity contribution >= 4 is 21.6 Å². The fraction of sp³-hybridized carbons (Fsp3) is 0.381. The van der Waals surface area contributed by atoms with Crippen LogP contribution in [0.25, 0.3) is 0 Å². The highest BCUT2D eigenvalue weighted by atomic mass is 32.2. The minimum atomic E-state index is -3.68. The Hall–Kier alpha value is -2.34. The molecule has 0 atom stereocenters. The summed E-state index contributed by atoms with van der Waals surface area (Å²) < 4.78 is 27.7. The molecule has 0 bridgehead atoms. The van der Waals surface area contributed by atoms with E-state index in [9.17, 15) is 13.2 Å². The standard InChI is InChI=1S/C21H26N2O3S/c1-3-17-4-8-19(9-5-17)22-27(25,26)20-10-6-18(7-11-20)21(24)23-14-12-16(2)13-15-23/h4-11,16,22H,3,12-15H2,1-2H3. The van der Waals surface area contributed by atoms with Crippen LogP contribution < -0.4 is 4.72 Å². The van der Waals surface area contributed by atoms with Crippen LogP contribution in [0.4, 0.5) is 5.69 Å². The quantitative estimate of drug-likeness (QED) is 0.847. The third-order valence-electron chi connectivity index (χ3n) is 5.10. The number of anilines is 1.